The van der Waals surface area contributed by atoms with E-state index in [1.807, 2.05) is 20.2 Å². The Kier molecular flexibility index (Phi) is 4.11. The van der Waals surface area contributed by atoms with Gasteiger partial charge in [0.2, 0.25) is 0 Å². The third-order valence-corrected chi connectivity index (χ3v) is 2.35. The van der Waals surface area contributed by atoms with Gasteiger partial charge in [0, 0.05) is 25.9 Å². The Morgan fingerprint density at radius 1 is 1.44 bits per heavy atom. The largest absolute Gasteiger partial charge is 0.374 e. The number of hydrogen-bond donors (Lipinski definition) is 1. The van der Waals surface area contributed by atoms with Gasteiger partial charge < -0.3 is 10.1 Å². The van der Waals surface area contributed by atoms with Gasteiger partial charge in [-0.05, 0) is 6.92 Å². The molecule has 2 aromatic rings. The molecule has 2 rings (SSSR count). The molecule has 0 spiro atoms. The number of aromatic nitrogens is 4. The Bertz CT molecular complexity index is 528. The summed E-state index contributed by atoms with van der Waals surface area (Å²) in [6, 6.07) is 1.66. The molecule has 0 aliphatic heterocycles. The molecule has 2 heterocycles. The zero-order chi connectivity index (χ0) is 13.0. The summed E-state index contributed by atoms with van der Waals surface area (Å²) < 4.78 is 6.96. The fourth-order valence-electron chi connectivity index (χ4n) is 1.42. The van der Waals surface area contributed by atoms with Gasteiger partial charge in [0.05, 0.1) is 11.9 Å². The average molecular weight is 268 g/mol. The van der Waals surface area contributed by atoms with Crippen LogP contribution in [0.15, 0.2) is 18.5 Å². The number of ether oxygens (including phenoxy) is 1. The molecule has 0 fully saturated rings. The second-order valence-electron chi connectivity index (χ2n) is 3.66. The average Bonchev–Trinajstić information content (AvgIpc) is 2.71. The summed E-state index contributed by atoms with van der Waals surface area (Å²) in [6.45, 7) is 2.87. The van der Waals surface area contributed by atoms with Crippen molar-refractivity contribution in [1.29, 1.82) is 0 Å². The first-order valence-electron chi connectivity index (χ1n) is 5.54. The smallest absolute Gasteiger partial charge is 0.158 e. The van der Waals surface area contributed by atoms with E-state index in [2.05, 4.69) is 20.4 Å². The van der Waals surface area contributed by atoms with Gasteiger partial charge in [-0.15, -0.1) is 0 Å². The lowest BCUT2D eigenvalue weighted by molar-refractivity contribution is 0.128. The van der Waals surface area contributed by atoms with Crippen LogP contribution in [-0.2, 0) is 18.4 Å². The van der Waals surface area contributed by atoms with Crippen LogP contribution in [0.25, 0.3) is 0 Å². The van der Waals surface area contributed by atoms with E-state index in [0.29, 0.717) is 30.0 Å². The second-order valence-corrected chi connectivity index (χ2v) is 4.04. The molecule has 0 amide bonds. The van der Waals surface area contributed by atoms with E-state index in [-0.39, 0.29) is 0 Å². The molecule has 0 unspecified atom stereocenters. The van der Waals surface area contributed by atoms with Crippen molar-refractivity contribution in [2.45, 2.75) is 13.5 Å². The predicted molar refractivity (Wildman–Crippen MR) is 68.9 cm³/mol. The summed E-state index contributed by atoms with van der Waals surface area (Å²) >= 11 is 5.93. The number of halogens is 1. The Balaban J connectivity index is 2.14. The molecule has 1 N–H and O–H groups in total. The minimum Gasteiger partial charge on any atom is -0.374 e. The molecule has 96 valence electrons. The number of rotatable bonds is 5. The predicted octanol–water partition coefficient (Wildman–Crippen LogP) is 2.14. The van der Waals surface area contributed by atoms with Gasteiger partial charge in [-0.2, -0.15) is 5.10 Å². The van der Waals surface area contributed by atoms with Crippen molar-refractivity contribution >= 4 is 23.1 Å². The highest BCUT2D eigenvalue weighted by Gasteiger charge is 2.04. The third-order valence-electron chi connectivity index (χ3n) is 2.15. The normalized spacial score (nSPS) is 10.6. The molecule has 0 saturated heterocycles. The van der Waals surface area contributed by atoms with Crippen LogP contribution in [-0.4, -0.2) is 26.4 Å². The molecule has 18 heavy (non-hydrogen) atoms. The Labute approximate surface area is 110 Å². The lowest BCUT2D eigenvalue weighted by Gasteiger charge is -2.06. The number of aryl methyl sites for hydroxylation is 1. The summed E-state index contributed by atoms with van der Waals surface area (Å²) in [6.07, 6.45) is 3.55. The van der Waals surface area contributed by atoms with Crippen molar-refractivity contribution in [1.82, 2.24) is 19.7 Å². The molecule has 0 bridgehead atoms. The molecule has 0 saturated carbocycles. The molecule has 0 aliphatic carbocycles. The van der Waals surface area contributed by atoms with E-state index >= 15 is 0 Å². The first-order valence-corrected chi connectivity index (χ1v) is 5.92. The summed E-state index contributed by atoms with van der Waals surface area (Å²) in [5, 5.41) is 7.55. The third kappa shape index (κ3) is 3.41. The van der Waals surface area contributed by atoms with Gasteiger partial charge in [-0.3, -0.25) is 4.68 Å². The molecular weight excluding hydrogens is 254 g/mol. The van der Waals surface area contributed by atoms with Crippen LogP contribution in [0.1, 0.15) is 12.7 Å². The van der Waals surface area contributed by atoms with E-state index in [1.165, 1.54) is 0 Å². The maximum absolute atomic E-state index is 5.93. The van der Waals surface area contributed by atoms with Gasteiger partial charge in [-0.25, -0.2) is 9.97 Å². The summed E-state index contributed by atoms with van der Waals surface area (Å²) in [7, 11) is 1.85. The van der Waals surface area contributed by atoms with E-state index in [0.717, 1.165) is 5.69 Å². The van der Waals surface area contributed by atoms with E-state index < -0.39 is 0 Å². The minimum atomic E-state index is 0.346. The zero-order valence-electron chi connectivity index (χ0n) is 10.2. The van der Waals surface area contributed by atoms with Crippen LogP contribution in [0.2, 0.25) is 5.15 Å². The molecule has 2 aromatic heterocycles. The van der Waals surface area contributed by atoms with Crippen molar-refractivity contribution < 1.29 is 4.74 Å². The first kappa shape index (κ1) is 12.8. The lowest BCUT2D eigenvalue weighted by atomic mass is 10.5. The van der Waals surface area contributed by atoms with Crippen molar-refractivity contribution in [3.8, 4) is 0 Å². The summed E-state index contributed by atoms with van der Waals surface area (Å²) in [4.78, 5) is 8.39. The molecule has 0 aromatic carbocycles. The van der Waals surface area contributed by atoms with E-state index in [4.69, 9.17) is 16.3 Å². The van der Waals surface area contributed by atoms with Crippen molar-refractivity contribution in [3.05, 3.63) is 29.4 Å². The van der Waals surface area contributed by atoms with Gasteiger partial charge in [0.25, 0.3) is 0 Å². The monoisotopic (exact) mass is 267 g/mol. The van der Waals surface area contributed by atoms with Crippen molar-refractivity contribution in [3.63, 3.8) is 0 Å². The highest BCUT2D eigenvalue weighted by molar-refractivity contribution is 6.29. The van der Waals surface area contributed by atoms with Crippen LogP contribution >= 0.6 is 11.6 Å². The number of nitrogens with zero attached hydrogens (tertiary/aromatic N) is 4. The second kappa shape index (κ2) is 5.79. The van der Waals surface area contributed by atoms with Gasteiger partial charge in [0.15, 0.2) is 5.82 Å². The fourth-order valence-corrected chi connectivity index (χ4v) is 1.62. The standard InChI is InChI=1S/C11H14ClN5O/c1-3-18-7-11-15-9(12)4-10(16-11)14-8-5-13-17(2)6-8/h4-6H,3,7H2,1-2H3,(H,14,15,16). The Morgan fingerprint density at radius 2 is 2.28 bits per heavy atom. The molecule has 7 heteroatoms. The number of anilines is 2. The first-order chi connectivity index (χ1) is 8.67. The van der Waals surface area contributed by atoms with Crippen molar-refractivity contribution in [2.75, 3.05) is 11.9 Å². The summed E-state index contributed by atoms with van der Waals surface area (Å²) in [5.41, 5.74) is 0.842. The van der Waals surface area contributed by atoms with Crippen LogP contribution in [0.3, 0.4) is 0 Å². The minimum absolute atomic E-state index is 0.346. The quantitative estimate of drug-likeness (QED) is 0.841. The molecule has 6 nitrogen and oxygen atoms in total. The van der Waals surface area contributed by atoms with Gasteiger partial charge in [0.1, 0.15) is 17.6 Å². The van der Waals surface area contributed by atoms with Crippen LogP contribution in [0.5, 0.6) is 0 Å². The SMILES string of the molecule is CCOCc1nc(Cl)cc(Nc2cnn(C)c2)n1. The number of nitrogens with one attached hydrogen (secondary N) is 1. The topological polar surface area (TPSA) is 64.9 Å². The summed E-state index contributed by atoms with van der Waals surface area (Å²) in [5.74, 6) is 1.17. The van der Waals surface area contributed by atoms with Gasteiger partial charge >= 0.3 is 0 Å². The van der Waals surface area contributed by atoms with Crippen LogP contribution in [0.4, 0.5) is 11.5 Å². The van der Waals surface area contributed by atoms with Crippen molar-refractivity contribution in [2.24, 2.45) is 7.05 Å². The molecule has 0 radical (unpaired) electrons. The van der Waals surface area contributed by atoms with Gasteiger partial charge in [-0.1, -0.05) is 11.6 Å². The zero-order valence-corrected chi connectivity index (χ0v) is 11.0. The van der Waals surface area contributed by atoms with E-state index in [9.17, 15) is 0 Å². The van der Waals surface area contributed by atoms with Crippen LogP contribution in [0, 0.1) is 0 Å². The molecule has 0 atom stereocenters. The lowest BCUT2D eigenvalue weighted by Crippen LogP contribution is -2.02. The maximum Gasteiger partial charge on any atom is 0.158 e. The van der Waals surface area contributed by atoms with Crippen LogP contribution < -0.4 is 5.32 Å². The Morgan fingerprint density at radius 3 is 2.94 bits per heavy atom. The fraction of sp³-hybridized carbons (Fsp3) is 0.364. The number of hydrogen-bond acceptors (Lipinski definition) is 5. The Hall–Kier alpha value is -1.66. The molecular formula is C11H14ClN5O. The van der Waals surface area contributed by atoms with E-state index in [1.54, 1.807) is 16.9 Å². The highest BCUT2D eigenvalue weighted by atomic mass is 35.5. The molecule has 0 aliphatic rings. The highest BCUT2D eigenvalue weighted by Crippen LogP contribution is 2.17. The maximum atomic E-state index is 5.93.